The first-order valence-corrected chi connectivity index (χ1v) is 9.50. The number of hydrogen-bond donors (Lipinski definition) is 2. The van der Waals surface area contributed by atoms with Crippen LogP contribution in [0.3, 0.4) is 0 Å². The first-order valence-electron chi connectivity index (χ1n) is 7.97. The smallest absolute Gasteiger partial charge is 0.381 e. The summed E-state index contributed by atoms with van der Waals surface area (Å²) in [4.78, 5) is 31.3. The molecule has 1 aromatic carbocycles. The quantitative estimate of drug-likeness (QED) is 0.728. The number of phosphoric acid groups is 1. The van der Waals surface area contributed by atoms with E-state index in [1.807, 2.05) is 12.1 Å². The van der Waals surface area contributed by atoms with Crippen molar-refractivity contribution in [2.45, 2.75) is 24.0 Å². The molecule has 0 amide bonds. The van der Waals surface area contributed by atoms with Crippen LogP contribution in [0.15, 0.2) is 41.3 Å². The number of fused-ring (bicyclic) bond motifs is 3. The molecule has 140 valence electrons. The van der Waals surface area contributed by atoms with Gasteiger partial charge in [-0.05, 0) is 17.5 Å². The van der Waals surface area contributed by atoms with Gasteiger partial charge in [-0.25, -0.2) is 4.57 Å². The van der Waals surface area contributed by atoms with Gasteiger partial charge in [-0.1, -0.05) is 18.2 Å². The highest BCUT2D eigenvalue weighted by Gasteiger charge is 2.64. The molecule has 2 saturated heterocycles. The molecule has 0 spiro atoms. The third kappa shape index (κ3) is 2.82. The van der Waals surface area contributed by atoms with Crippen LogP contribution in [0.25, 0.3) is 10.8 Å². The maximum Gasteiger partial charge on any atom is 0.470 e. The van der Waals surface area contributed by atoms with Gasteiger partial charge < -0.3 is 24.0 Å². The third-order valence-corrected chi connectivity index (χ3v) is 5.23. The second-order valence-electron chi connectivity index (χ2n) is 6.41. The lowest BCUT2D eigenvalue weighted by Gasteiger charge is -2.31. The first-order chi connectivity index (χ1) is 12.3. The minimum atomic E-state index is -4.79. The number of rotatable bonds is 5. The van der Waals surface area contributed by atoms with Crippen LogP contribution in [0, 0.1) is 0 Å². The van der Waals surface area contributed by atoms with Crippen LogP contribution >= 0.6 is 7.82 Å². The lowest BCUT2D eigenvalue weighted by atomic mass is 10.0. The zero-order chi connectivity index (χ0) is 18.5. The highest BCUT2D eigenvalue weighted by Crippen LogP contribution is 2.52. The number of hydrogen-bond acceptors (Lipinski definition) is 6. The zero-order valence-corrected chi connectivity index (χ0v) is 14.7. The molecule has 0 radical (unpaired) electrons. The standard InChI is InChI=1S/C16H18NO8P/c1-22-8-16-9-23-12(13(16)25-26(19,20)21)15(24-16)17-7-6-10-4-2-3-5-11(10)14(17)18/h2-7,12-13,15H,8-9H2,1H3,(H2,19,20,21)/t12-,13-,15?,16-/m0/s1. The van der Waals surface area contributed by atoms with Gasteiger partial charge in [0, 0.05) is 18.7 Å². The predicted molar refractivity (Wildman–Crippen MR) is 89.6 cm³/mol. The van der Waals surface area contributed by atoms with Gasteiger partial charge in [0.25, 0.3) is 5.56 Å². The number of phosphoric ester groups is 1. The third-order valence-electron chi connectivity index (χ3n) is 4.73. The molecule has 1 unspecified atom stereocenters. The fourth-order valence-corrected chi connectivity index (χ4v) is 4.28. The predicted octanol–water partition coefficient (Wildman–Crippen LogP) is 0.792. The van der Waals surface area contributed by atoms with E-state index in [4.69, 9.17) is 18.7 Å². The maximum atomic E-state index is 12.8. The molecule has 2 fully saturated rings. The summed E-state index contributed by atoms with van der Waals surface area (Å²) in [6, 6.07) is 8.90. The van der Waals surface area contributed by atoms with Crippen LogP contribution < -0.4 is 5.56 Å². The summed E-state index contributed by atoms with van der Waals surface area (Å²) >= 11 is 0. The summed E-state index contributed by atoms with van der Waals surface area (Å²) in [6.07, 6.45) is -1.22. The SMILES string of the molecule is COC[C@@]12CO[C@H](C(n3ccc4ccccc4c3=O)O1)[C@@H]2OP(=O)(O)O. The average molecular weight is 383 g/mol. The monoisotopic (exact) mass is 383 g/mol. The van der Waals surface area contributed by atoms with Crippen LogP contribution in [0.4, 0.5) is 0 Å². The Hall–Kier alpha value is -1.58. The lowest BCUT2D eigenvalue weighted by molar-refractivity contribution is -0.190. The minimum absolute atomic E-state index is 0.00694. The maximum absolute atomic E-state index is 12.8. The van der Waals surface area contributed by atoms with Gasteiger partial charge in [-0.15, -0.1) is 0 Å². The van der Waals surface area contributed by atoms with Gasteiger partial charge in [0.1, 0.15) is 17.8 Å². The van der Waals surface area contributed by atoms with Crippen molar-refractivity contribution in [3.05, 3.63) is 46.9 Å². The van der Waals surface area contributed by atoms with Crippen molar-refractivity contribution in [1.29, 1.82) is 0 Å². The Morgan fingerprint density at radius 2 is 2.12 bits per heavy atom. The van der Waals surface area contributed by atoms with Crippen molar-refractivity contribution in [2.24, 2.45) is 0 Å². The second kappa shape index (κ2) is 6.24. The Morgan fingerprint density at radius 1 is 1.35 bits per heavy atom. The number of aromatic nitrogens is 1. The summed E-state index contributed by atoms with van der Waals surface area (Å²) in [5.74, 6) is 0. The molecule has 4 rings (SSSR count). The molecule has 0 saturated carbocycles. The number of pyridine rings is 1. The van der Waals surface area contributed by atoms with Crippen molar-refractivity contribution in [3.63, 3.8) is 0 Å². The highest BCUT2D eigenvalue weighted by atomic mass is 31.2. The van der Waals surface area contributed by atoms with E-state index in [9.17, 15) is 19.1 Å². The molecule has 2 aliphatic rings. The fourth-order valence-electron chi connectivity index (χ4n) is 3.67. The van der Waals surface area contributed by atoms with E-state index >= 15 is 0 Å². The van der Waals surface area contributed by atoms with E-state index in [2.05, 4.69) is 0 Å². The van der Waals surface area contributed by atoms with Gasteiger partial charge in [-0.3, -0.25) is 13.9 Å². The van der Waals surface area contributed by atoms with Crippen LogP contribution in [-0.2, 0) is 23.3 Å². The number of benzene rings is 1. The molecular formula is C16H18NO8P. The van der Waals surface area contributed by atoms with Crippen molar-refractivity contribution in [1.82, 2.24) is 4.57 Å². The van der Waals surface area contributed by atoms with E-state index in [0.717, 1.165) is 5.39 Å². The Balaban J connectivity index is 1.76. The summed E-state index contributed by atoms with van der Waals surface area (Å²) < 4.78 is 34.5. The molecule has 1 aromatic heterocycles. The van der Waals surface area contributed by atoms with E-state index in [0.29, 0.717) is 5.39 Å². The molecule has 0 aliphatic carbocycles. The second-order valence-corrected chi connectivity index (χ2v) is 7.61. The van der Waals surface area contributed by atoms with E-state index in [1.165, 1.54) is 11.7 Å². The Morgan fingerprint density at radius 3 is 2.85 bits per heavy atom. The molecule has 2 N–H and O–H groups in total. The molecular weight excluding hydrogens is 365 g/mol. The molecule has 2 bridgehead atoms. The van der Waals surface area contributed by atoms with E-state index in [-0.39, 0.29) is 18.8 Å². The number of nitrogens with zero attached hydrogens (tertiary/aromatic N) is 1. The van der Waals surface area contributed by atoms with Crippen molar-refractivity contribution in [2.75, 3.05) is 20.3 Å². The molecule has 3 heterocycles. The Bertz CT molecular complexity index is 939. The Labute approximate surface area is 148 Å². The van der Waals surface area contributed by atoms with Crippen LogP contribution in [0.2, 0.25) is 0 Å². The molecule has 10 heteroatoms. The lowest BCUT2D eigenvalue weighted by Crippen LogP contribution is -2.45. The molecule has 2 aliphatic heterocycles. The van der Waals surface area contributed by atoms with Crippen LogP contribution in [-0.4, -0.2) is 52.5 Å². The van der Waals surface area contributed by atoms with Crippen LogP contribution in [0.5, 0.6) is 0 Å². The fraction of sp³-hybridized carbons (Fsp3) is 0.438. The van der Waals surface area contributed by atoms with Gasteiger partial charge in [0.05, 0.1) is 13.2 Å². The number of ether oxygens (including phenoxy) is 3. The normalized spacial score (nSPS) is 31.0. The average Bonchev–Trinajstić information content (AvgIpc) is 3.05. The van der Waals surface area contributed by atoms with Gasteiger partial charge in [0.2, 0.25) is 0 Å². The summed E-state index contributed by atoms with van der Waals surface area (Å²) in [7, 11) is -3.35. The van der Waals surface area contributed by atoms with Crippen molar-refractivity contribution >= 4 is 18.6 Å². The zero-order valence-electron chi connectivity index (χ0n) is 13.8. The van der Waals surface area contributed by atoms with Gasteiger partial charge in [0.15, 0.2) is 6.23 Å². The first kappa shape index (κ1) is 17.8. The summed E-state index contributed by atoms with van der Waals surface area (Å²) in [5.41, 5.74) is -1.48. The van der Waals surface area contributed by atoms with Crippen LogP contribution in [0.1, 0.15) is 6.23 Å². The molecule has 9 nitrogen and oxygen atoms in total. The number of methoxy groups -OCH3 is 1. The van der Waals surface area contributed by atoms with Gasteiger partial charge >= 0.3 is 7.82 Å². The van der Waals surface area contributed by atoms with Crippen molar-refractivity contribution < 1.29 is 33.1 Å². The van der Waals surface area contributed by atoms with E-state index in [1.54, 1.807) is 24.4 Å². The van der Waals surface area contributed by atoms with E-state index < -0.39 is 31.9 Å². The van der Waals surface area contributed by atoms with Gasteiger partial charge in [-0.2, -0.15) is 0 Å². The summed E-state index contributed by atoms with van der Waals surface area (Å²) in [5, 5.41) is 1.29. The highest BCUT2D eigenvalue weighted by molar-refractivity contribution is 7.46. The Kier molecular flexibility index (Phi) is 4.28. The molecule has 2 aromatic rings. The largest absolute Gasteiger partial charge is 0.470 e. The molecule has 4 atom stereocenters. The van der Waals surface area contributed by atoms with Crippen molar-refractivity contribution in [3.8, 4) is 0 Å². The molecule has 26 heavy (non-hydrogen) atoms. The summed E-state index contributed by atoms with van der Waals surface area (Å²) in [6.45, 7) is 0.0575. The topological polar surface area (TPSA) is 116 Å². The minimum Gasteiger partial charge on any atom is -0.381 e.